The first-order valence-corrected chi connectivity index (χ1v) is 9.53. The van der Waals surface area contributed by atoms with Crippen LogP contribution >= 0.6 is 0 Å². The third-order valence-electron chi connectivity index (χ3n) is 5.29. The van der Waals surface area contributed by atoms with Gasteiger partial charge in [-0.15, -0.1) is 0 Å². The lowest BCUT2D eigenvalue weighted by molar-refractivity contribution is -0.132. The van der Waals surface area contributed by atoms with Crippen LogP contribution in [0.25, 0.3) is 0 Å². The standard InChI is InChI=1S/C21H30N4O/c1-15-5-7-19(8-6-15)14-25-18(4)20(17(3)23-25)9-10-21(26)24-12-11-22-16(2)13-24/h5-8,16,22H,9-14H2,1-4H3/t16-/m0/s1. The Kier molecular flexibility index (Phi) is 5.77. The molecule has 1 atom stereocenters. The SMILES string of the molecule is Cc1ccc(Cn2nc(C)c(CCC(=O)N3CCN[C@@H](C)C3)c2C)cc1. The van der Waals surface area contributed by atoms with Crippen molar-refractivity contribution in [2.75, 3.05) is 19.6 Å². The molecule has 0 bridgehead atoms. The largest absolute Gasteiger partial charge is 0.340 e. The number of carbonyl (C=O) groups excluding carboxylic acids is 1. The lowest BCUT2D eigenvalue weighted by Crippen LogP contribution is -2.51. The summed E-state index contributed by atoms with van der Waals surface area (Å²) in [5.41, 5.74) is 5.94. The molecule has 140 valence electrons. The minimum Gasteiger partial charge on any atom is -0.340 e. The molecule has 0 saturated carbocycles. The fourth-order valence-electron chi connectivity index (χ4n) is 3.67. The second-order valence-electron chi connectivity index (χ2n) is 7.49. The predicted octanol–water partition coefficient (Wildman–Crippen LogP) is 2.61. The van der Waals surface area contributed by atoms with Crippen LogP contribution in [0.5, 0.6) is 0 Å². The molecule has 1 aromatic carbocycles. The molecule has 1 aliphatic heterocycles. The van der Waals surface area contributed by atoms with Gasteiger partial charge in [-0.2, -0.15) is 5.10 Å². The number of aryl methyl sites for hydroxylation is 2. The summed E-state index contributed by atoms with van der Waals surface area (Å²) in [5.74, 6) is 0.253. The van der Waals surface area contributed by atoms with Crippen LogP contribution < -0.4 is 5.32 Å². The van der Waals surface area contributed by atoms with Crippen molar-refractivity contribution >= 4 is 5.91 Å². The van der Waals surface area contributed by atoms with Crippen LogP contribution in [0.1, 0.15) is 41.4 Å². The Hall–Kier alpha value is -2.14. The van der Waals surface area contributed by atoms with Crippen LogP contribution in [-0.2, 0) is 17.8 Å². The predicted molar refractivity (Wildman–Crippen MR) is 104 cm³/mol. The molecule has 2 heterocycles. The number of rotatable bonds is 5. The van der Waals surface area contributed by atoms with E-state index in [0.29, 0.717) is 12.5 Å². The molecule has 0 aliphatic carbocycles. The Bertz CT molecular complexity index is 763. The normalized spacial score (nSPS) is 17.5. The summed E-state index contributed by atoms with van der Waals surface area (Å²) in [6.45, 7) is 11.7. The second-order valence-corrected chi connectivity index (χ2v) is 7.49. The zero-order valence-electron chi connectivity index (χ0n) is 16.4. The minimum atomic E-state index is 0.253. The van der Waals surface area contributed by atoms with E-state index in [1.807, 2.05) is 11.8 Å². The number of amides is 1. The molecular weight excluding hydrogens is 324 g/mol. The number of hydrogen-bond acceptors (Lipinski definition) is 3. The van der Waals surface area contributed by atoms with Crippen LogP contribution in [0.4, 0.5) is 0 Å². The van der Waals surface area contributed by atoms with Gasteiger partial charge in [-0.3, -0.25) is 9.48 Å². The molecule has 26 heavy (non-hydrogen) atoms. The average Bonchev–Trinajstić information content (AvgIpc) is 2.88. The third kappa shape index (κ3) is 4.33. The monoisotopic (exact) mass is 354 g/mol. The summed E-state index contributed by atoms with van der Waals surface area (Å²) in [6.07, 6.45) is 1.33. The number of aromatic nitrogens is 2. The highest BCUT2D eigenvalue weighted by atomic mass is 16.2. The van der Waals surface area contributed by atoms with Crippen molar-refractivity contribution in [3.05, 3.63) is 52.3 Å². The molecule has 5 nitrogen and oxygen atoms in total. The second kappa shape index (κ2) is 8.04. The zero-order valence-corrected chi connectivity index (χ0v) is 16.4. The average molecular weight is 354 g/mol. The van der Waals surface area contributed by atoms with E-state index in [9.17, 15) is 4.79 Å². The summed E-state index contributed by atoms with van der Waals surface area (Å²) < 4.78 is 2.06. The number of piperazine rings is 1. The molecule has 0 radical (unpaired) electrons. The van der Waals surface area contributed by atoms with Gasteiger partial charge in [0.05, 0.1) is 12.2 Å². The number of carbonyl (C=O) groups is 1. The molecule has 1 saturated heterocycles. The van der Waals surface area contributed by atoms with E-state index in [2.05, 4.69) is 55.0 Å². The van der Waals surface area contributed by atoms with Gasteiger partial charge in [-0.1, -0.05) is 29.8 Å². The van der Waals surface area contributed by atoms with Gasteiger partial charge < -0.3 is 10.2 Å². The minimum absolute atomic E-state index is 0.253. The lowest BCUT2D eigenvalue weighted by atomic mass is 10.1. The Balaban J connectivity index is 1.64. The van der Waals surface area contributed by atoms with Crippen molar-refractivity contribution in [1.29, 1.82) is 0 Å². The van der Waals surface area contributed by atoms with Crippen molar-refractivity contribution < 1.29 is 4.79 Å². The molecule has 0 unspecified atom stereocenters. The van der Waals surface area contributed by atoms with E-state index in [1.54, 1.807) is 0 Å². The molecule has 0 spiro atoms. The highest BCUT2D eigenvalue weighted by molar-refractivity contribution is 5.76. The highest BCUT2D eigenvalue weighted by Crippen LogP contribution is 2.18. The molecule has 5 heteroatoms. The summed E-state index contributed by atoms with van der Waals surface area (Å²) in [7, 11) is 0. The van der Waals surface area contributed by atoms with E-state index < -0.39 is 0 Å². The summed E-state index contributed by atoms with van der Waals surface area (Å²) >= 11 is 0. The van der Waals surface area contributed by atoms with E-state index in [-0.39, 0.29) is 5.91 Å². The van der Waals surface area contributed by atoms with Crippen LogP contribution in [0, 0.1) is 20.8 Å². The van der Waals surface area contributed by atoms with Gasteiger partial charge in [0, 0.05) is 37.8 Å². The highest BCUT2D eigenvalue weighted by Gasteiger charge is 2.21. The van der Waals surface area contributed by atoms with Crippen molar-refractivity contribution in [3.63, 3.8) is 0 Å². The smallest absolute Gasteiger partial charge is 0.223 e. The van der Waals surface area contributed by atoms with Crippen molar-refractivity contribution in [2.45, 2.75) is 53.1 Å². The van der Waals surface area contributed by atoms with Crippen LogP contribution in [-0.4, -0.2) is 46.3 Å². The molecule has 1 aliphatic rings. The molecule has 2 aromatic rings. The Labute approximate surface area is 156 Å². The Morgan fingerprint density at radius 3 is 2.65 bits per heavy atom. The lowest BCUT2D eigenvalue weighted by Gasteiger charge is -2.32. The van der Waals surface area contributed by atoms with E-state index in [4.69, 9.17) is 5.10 Å². The molecule has 1 N–H and O–H groups in total. The quantitative estimate of drug-likeness (QED) is 0.898. The first-order valence-electron chi connectivity index (χ1n) is 9.53. The molecule has 1 amide bonds. The number of nitrogens with zero attached hydrogens (tertiary/aromatic N) is 3. The Morgan fingerprint density at radius 2 is 1.96 bits per heavy atom. The van der Waals surface area contributed by atoms with Crippen molar-refractivity contribution in [3.8, 4) is 0 Å². The Morgan fingerprint density at radius 1 is 1.23 bits per heavy atom. The molecule has 3 rings (SSSR count). The number of hydrogen-bond donors (Lipinski definition) is 1. The van der Waals surface area contributed by atoms with Gasteiger partial charge in [0.25, 0.3) is 0 Å². The molecular formula is C21H30N4O. The number of nitrogens with one attached hydrogen (secondary N) is 1. The van der Waals surface area contributed by atoms with Gasteiger partial charge in [0.1, 0.15) is 0 Å². The van der Waals surface area contributed by atoms with Crippen molar-refractivity contribution in [2.24, 2.45) is 0 Å². The van der Waals surface area contributed by atoms with E-state index in [0.717, 1.165) is 38.3 Å². The van der Waals surface area contributed by atoms with Gasteiger partial charge in [0.2, 0.25) is 5.91 Å². The maximum Gasteiger partial charge on any atom is 0.223 e. The number of benzene rings is 1. The summed E-state index contributed by atoms with van der Waals surface area (Å²) in [4.78, 5) is 14.5. The fourth-order valence-corrected chi connectivity index (χ4v) is 3.67. The molecule has 1 aromatic heterocycles. The van der Waals surface area contributed by atoms with Gasteiger partial charge in [0.15, 0.2) is 0 Å². The van der Waals surface area contributed by atoms with Crippen LogP contribution in [0.2, 0.25) is 0 Å². The van der Waals surface area contributed by atoms with Gasteiger partial charge in [-0.25, -0.2) is 0 Å². The maximum atomic E-state index is 12.5. The van der Waals surface area contributed by atoms with Crippen molar-refractivity contribution in [1.82, 2.24) is 20.0 Å². The first kappa shape index (κ1) is 18.6. The van der Waals surface area contributed by atoms with Crippen LogP contribution in [0.15, 0.2) is 24.3 Å². The third-order valence-corrected chi connectivity index (χ3v) is 5.29. The van der Waals surface area contributed by atoms with E-state index in [1.165, 1.54) is 22.4 Å². The van der Waals surface area contributed by atoms with Gasteiger partial charge in [-0.05, 0) is 45.2 Å². The zero-order chi connectivity index (χ0) is 18.7. The van der Waals surface area contributed by atoms with Gasteiger partial charge >= 0.3 is 0 Å². The summed E-state index contributed by atoms with van der Waals surface area (Å²) in [6, 6.07) is 8.96. The molecule has 1 fully saturated rings. The fraction of sp³-hybridized carbons (Fsp3) is 0.524. The van der Waals surface area contributed by atoms with E-state index >= 15 is 0 Å². The summed E-state index contributed by atoms with van der Waals surface area (Å²) in [5, 5.41) is 8.09. The maximum absolute atomic E-state index is 12.5. The topological polar surface area (TPSA) is 50.2 Å². The van der Waals surface area contributed by atoms with Crippen LogP contribution in [0.3, 0.4) is 0 Å². The first-order chi connectivity index (χ1) is 12.4.